The number of likely N-dealkylation sites (tertiary alicyclic amines) is 1. The van der Waals surface area contributed by atoms with Gasteiger partial charge in [-0.05, 0) is 50.2 Å². The highest BCUT2D eigenvalue weighted by Gasteiger charge is 2.28. The molecule has 3 heterocycles. The molecular formula is C20H26N4O2. The number of H-pyrrole nitrogens is 1. The quantitative estimate of drug-likeness (QED) is 0.867. The summed E-state index contributed by atoms with van der Waals surface area (Å²) < 4.78 is 5.80. The van der Waals surface area contributed by atoms with E-state index in [0.29, 0.717) is 12.5 Å². The highest BCUT2D eigenvalue weighted by atomic mass is 16.5. The van der Waals surface area contributed by atoms with E-state index in [4.69, 9.17) is 4.74 Å². The van der Waals surface area contributed by atoms with Gasteiger partial charge < -0.3 is 15.0 Å². The van der Waals surface area contributed by atoms with E-state index in [2.05, 4.69) is 28.5 Å². The molecule has 6 heteroatoms. The van der Waals surface area contributed by atoms with Crippen LogP contribution in [-0.2, 0) is 0 Å². The third kappa shape index (κ3) is 3.41. The number of aryl methyl sites for hydroxylation is 1. The maximum absolute atomic E-state index is 12.8. The molecule has 0 saturated carbocycles. The van der Waals surface area contributed by atoms with E-state index in [1.807, 2.05) is 29.3 Å². The predicted molar refractivity (Wildman–Crippen MR) is 99.3 cm³/mol. The van der Waals surface area contributed by atoms with Crippen LogP contribution in [0.2, 0.25) is 0 Å². The van der Waals surface area contributed by atoms with Gasteiger partial charge in [-0.25, -0.2) is 4.79 Å². The highest BCUT2D eigenvalue weighted by molar-refractivity contribution is 5.75. The minimum Gasteiger partial charge on any atom is -0.493 e. The zero-order chi connectivity index (χ0) is 17.9. The van der Waals surface area contributed by atoms with E-state index in [0.717, 1.165) is 55.8 Å². The second-order valence-electron chi connectivity index (χ2n) is 7.24. The van der Waals surface area contributed by atoms with Gasteiger partial charge in [0.05, 0.1) is 18.8 Å². The number of aromatic nitrogens is 2. The van der Waals surface area contributed by atoms with Crippen molar-refractivity contribution in [1.82, 2.24) is 20.4 Å². The van der Waals surface area contributed by atoms with Crippen molar-refractivity contribution in [3.8, 4) is 5.75 Å². The Hall–Kier alpha value is -2.50. The second-order valence-corrected chi connectivity index (χ2v) is 7.24. The molecule has 0 spiro atoms. The van der Waals surface area contributed by atoms with Crippen molar-refractivity contribution in [3.05, 3.63) is 47.3 Å². The first-order valence-corrected chi connectivity index (χ1v) is 9.49. The predicted octanol–water partition coefficient (Wildman–Crippen LogP) is 3.52. The molecule has 1 aromatic carbocycles. The highest BCUT2D eigenvalue weighted by Crippen LogP contribution is 2.32. The number of urea groups is 1. The van der Waals surface area contributed by atoms with Gasteiger partial charge in [0, 0.05) is 24.3 Å². The lowest BCUT2D eigenvalue weighted by Gasteiger charge is -2.33. The standard InChI is InChI=1S/C20H26N4O2/c1-14-17(13-21-23-14)15-8-10-24(11-9-15)20(25)22-18-6-4-12-26-19-7-3-2-5-16(18)19/h2-3,5,7,13,15,18H,4,6,8-12H2,1H3,(H,21,23)(H,22,25). The van der Waals surface area contributed by atoms with E-state index in [9.17, 15) is 4.79 Å². The molecule has 2 N–H and O–H groups in total. The van der Waals surface area contributed by atoms with Crippen LogP contribution in [-0.4, -0.2) is 40.8 Å². The number of para-hydroxylation sites is 1. The minimum atomic E-state index is 0.0232. The number of fused-ring (bicyclic) bond motifs is 1. The molecule has 2 aliphatic heterocycles. The Bertz CT molecular complexity index is 765. The lowest BCUT2D eigenvalue weighted by atomic mass is 9.90. The van der Waals surface area contributed by atoms with Crippen molar-refractivity contribution < 1.29 is 9.53 Å². The molecule has 2 amide bonds. The molecule has 1 unspecified atom stereocenters. The number of amides is 2. The number of hydrogen-bond donors (Lipinski definition) is 2. The summed E-state index contributed by atoms with van der Waals surface area (Å²) in [5.41, 5.74) is 3.52. The second kappa shape index (κ2) is 7.40. The largest absolute Gasteiger partial charge is 0.493 e. The van der Waals surface area contributed by atoms with E-state index in [-0.39, 0.29) is 12.1 Å². The molecular weight excluding hydrogens is 328 g/mol. The number of ether oxygens (including phenoxy) is 1. The first-order valence-electron chi connectivity index (χ1n) is 9.49. The Labute approximate surface area is 153 Å². The van der Waals surface area contributed by atoms with Gasteiger partial charge in [-0.15, -0.1) is 0 Å². The molecule has 4 rings (SSSR count). The summed E-state index contributed by atoms with van der Waals surface area (Å²) in [6.07, 6.45) is 5.75. The van der Waals surface area contributed by atoms with Crippen LogP contribution in [0.5, 0.6) is 5.75 Å². The third-order valence-corrected chi connectivity index (χ3v) is 5.58. The average molecular weight is 354 g/mol. The molecule has 1 fully saturated rings. The number of rotatable bonds is 2. The zero-order valence-corrected chi connectivity index (χ0v) is 15.2. The molecule has 0 aliphatic carbocycles. The lowest BCUT2D eigenvalue weighted by molar-refractivity contribution is 0.177. The number of carbonyl (C=O) groups excluding carboxylic acids is 1. The molecule has 138 valence electrons. The molecule has 2 aliphatic rings. The van der Waals surface area contributed by atoms with Crippen LogP contribution in [0.15, 0.2) is 30.5 Å². The van der Waals surface area contributed by atoms with Crippen molar-refractivity contribution in [2.24, 2.45) is 0 Å². The van der Waals surface area contributed by atoms with Crippen molar-refractivity contribution in [2.45, 2.75) is 44.6 Å². The molecule has 26 heavy (non-hydrogen) atoms. The fourth-order valence-electron chi connectivity index (χ4n) is 4.08. The Morgan fingerprint density at radius 1 is 1.23 bits per heavy atom. The summed E-state index contributed by atoms with van der Waals surface area (Å²) in [5.74, 6) is 1.38. The monoisotopic (exact) mass is 354 g/mol. The lowest BCUT2D eigenvalue weighted by Crippen LogP contribution is -2.45. The van der Waals surface area contributed by atoms with Gasteiger partial charge in [0.15, 0.2) is 0 Å². The minimum absolute atomic E-state index is 0.0232. The smallest absolute Gasteiger partial charge is 0.317 e. The number of benzene rings is 1. The number of hydrogen-bond acceptors (Lipinski definition) is 3. The summed E-state index contributed by atoms with van der Waals surface area (Å²) in [6, 6.07) is 8.08. The van der Waals surface area contributed by atoms with Gasteiger partial charge in [-0.3, -0.25) is 5.10 Å². The van der Waals surface area contributed by atoms with Crippen molar-refractivity contribution in [1.29, 1.82) is 0 Å². The van der Waals surface area contributed by atoms with Gasteiger partial charge in [0.25, 0.3) is 0 Å². The van der Waals surface area contributed by atoms with Crippen molar-refractivity contribution in [3.63, 3.8) is 0 Å². The Kier molecular flexibility index (Phi) is 4.82. The number of nitrogens with zero attached hydrogens (tertiary/aromatic N) is 2. The normalized spacial score (nSPS) is 20.8. The first-order chi connectivity index (χ1) is 12.7. The van der Waals surface area contributed by atoms with Gasteiger partial charge in [0.2, 0.25) is 0 Å². The summed E-state index contributed by atoms with van der Waals surface area (Å²) in [7, 11) is 0. The van der Waals surface area contributed by atoms with Crippen LogP contribution in [0.1, 0.15) is 54.5 Å². The Morgan fingerprint density at radius 2 is 2.04 bits per heavy atom. The summed E-state index contributed by atoms with van der Waals surface area (Å²) >= 11 is 0. The van der Waals surface area contributed by atoms with Crippen LogP contribution in [0.25, 0.3) is 0 Å². The molecule has 6 nitrogen and oxygen atoms in total. The molecule has 1 aromatic heterocycles. The number of carbonyl (C=O) groups is 1. The Morgan fingerprint density at radius 3 is 2.81 bits per heavy atom. The van der Waals surface area contributed by atoms with E-state index in [1.165, 1.54) is 5.56 Å². The maximum atomic E-state index is 12.8. The summed E-state index contributed by atoms with van der Waals surface area (Å²) in [5, 5.41) is 10.4. The molecule has 1 saturated heterocycles. The third-order valence-electron chi connectivity index (χ3n) is 5.58. The van der Waals surface area contributed by atoms with Gasteiger partial charge >= 0.3 is 6.03 Å². The van der Waals surface area contributed by atoms with Crippen LogP contribution < -0.4 is 10.1 Å². The van der Waals surface area contributed by atoms with Crippen molar-refractivity contribution >= 4 is 6.03 Å². The molecule has 0 bridgehead atoms. The number of nitrogens with one attached hydrogen (secondary N) is 2. The van der Waals surface area contributed by atoms with Gasteiger partial charge in [-0.1, -0.05) is 18.2 Å². The van der Waals surface area contributed by atoms with E-state index < -0.39 is 0 Å². The first kappa shape index (κ1) is 16.9. The van der Waals surface area contributed by atoms with Gasteiger partial charge in [-0.2, -0.15) is 5.10 Å². The molecule has 1 atom stereocenters. The summed E-state index contributed by atoms with van der Waals surface area (Å²) in [4.78, 5) is 14.7. The van der Waals surface area contributed by atoms with E-state index in [1.54, 1.807) is 0 Å². The number of aromatic amines is 1. The zero-order valence-electron chi connectivity index (χ0n) is 15.2. The van der Waals surface area contributed by atoms with Crippen LogP contribution in [0, 0.1) is 6.92 Å². The molecule has 2 aromatic rings. The van der Waals surface area contributed by atoms with E-state index >= 15 is 0 Å². The van der Waals surface area contributed by atoms with Crippen molar-refractivity contribution in [2.75, 3.05) is 19.7 Å². The topological polar surface area (TPSA) is 70.2 Å². The van der Waals surface area contributed by atoms with Crippen LogP contribution in [0.4, 0.5) is 4.79 Å². The SMILES string of the molecule is Cc1[nH]ncc1C1CCN(C(=O)NC2CCCOc3ccccc32)CC1. The number of piperidine rings is 1. The fraction of sp³-hybridized carbons (Fsp3) is 0.500. The average Bonchev–Trinajstić information content (AvgIpc) is 3.00. The summed E-state index contributed by atoms with van der Waals surface area (Å²) in [6.45, 7) is 4.34. The van der Waals surface area contributed by atoms with Crippen LogP contribution in [0.3, 0.4) is 0 Å². The van der Waals surface area contributed by atoms with Gasteiger partial charge in [0.1, 0.15) is 5.75 Å². The molecule has 0 radical (unpaired) electrons. The maximum Gasteiger partial charge on any atom is 0.317 e. The Balaban J connectivity index is 1.38. The van der Waals surface area contributed by atoms with Crippen LogP contribution >= 0.6 is 0 Å². The fourth-order valence-corrected chi connectivity index (χ4v) is 4.08.